The van der Waals surface area contributed by atoms with Gasteiger partial charge in [0.15, 0.2) is 0 Å². The summed E-state index contributed by atoms with van der Waals surface area (Å²) in [5.41, 5.74) is 7.79. The molecule has 0 bridgehead atoms. The summed E-state index contributed by atoms with van der Waals surface area (Å²) in [5, 5.41) is 12.1. The van der Waals surface area contributed by atoms with Crippen molar-refractivity contribution in [1.82, 2.24) is 0 Å². The van der Waals surface area contributed by atoms with Gasteiger partial charge in [0.05, 0.1) is 11.3 Å². The molecule has 0 heterocycles. The van der Waals surface area contributed by atoms with Gasteiger partial charge < -0.3 is 15.8 Å². The third-order valence-electron chi connectivity index (χ3n) is 2.59. The van der Waals surface area contributed by atoms with Crippen LogP contribution in [-0.2, 0) is 0 Å². The fraction of sp³-hybridized carbons (Fsp3) is 0.133. The van der Waals surface area contributed by atoms with Crippen LogP contribution in [0, 0.1) is 11.3 Å². The van der Waals surface area contributed by atoms with E-state index in [0.717, 1.165) is 11.4 Å². The van der Waals surface area contributed by atoms with Crippen molar-refractivity contribution in [3.8, 4) is 11.8 Å². The van der Waals surface area contributed by atoms with Crippen LogP contribution in [0.2, 0.25) is 0 Å². The van der Waals surface area contributed by atoms with E-state index in [2.05, 4.69) is 11.4 Å². The molecule has 2 rings (SSSR count). The molecule has 0 spiro atoms. The summed E-state index contributed by atoms with van der Waals surface area (Å²) in [5.74, 6) is 0.746. The lowest BCUT2D eigenvalue weighted by molar-refractivity contribution is 0.333. The maximum atomic E-state index is 8.95. The number of benzene rings is 2. The van der Waals surface area contributed by atoms with E-state index in [0.29, 0.717) is 24.4 Å². The zero-order valence-electron chi connectivity index (χ0n) is 10.5. The van der Waals surface area contributed by atoms with Crippen LogP contribution in [0.1, 0.15) is 5.56 Å². The standard InChI is InChI=1S/C15H15N3O/c16-11-12-4-1-2-7-15(12)18-8-9-19-14-6-3-5-13(17)10-14/h1-7,10,18H,8-9,17H2. The Morgan fingerprint density at radius 2 is 2.00 bits per heavy atom. The van der Waals surface area contributed by atoms with E-state index in [-0.39, 0.29) is 0 Å². The van der Waals surface area contributed by atoms with Crippen molar-refractivity contribution < 1.29 is 4.74 Å². The van der Waals surface area contributed by atoms with E-state index < -0.39 is 0 Å². The summed E-state index contributed by atoms with van der Waals surface area (Å²) < 4.78 is 5.56. The average Bonchev–Trinajstić information content (AvgIpc) is 2.44. The Balaban J connectivity index is 1.83. The molecular weight excluding hydrogens is 238 g/mol. The second-order valence-electron chi connectivity index (χ2n) is 4.01. The summed E-state index contributed by atoms with van der Waals surface area (Å²) in [6.07, 6.45) is 0. The Morgan fingerprint density at radius 1 is 1.16 bits per heavy atom. The van der Waals surface area contributed by atoms with Gasteiger partial charge in [-0.1, -0.05) is 18.2 Å². The molecule has 0 radical (unpaired) electrons. The minimum absolute atomic E-state index is 0.503. The quantitative estimate of drug-likeness (QED) is 0.634. The highest BCUT2D eigenvalue weighted by Gasteiger charge is 1.99. The highest BCUT2D eigenvalue weighted by Crippen LogP contribution is 2.15. The molecule has 0 fully saturated rings. The Bertz CT molecular complexity index is 590. The number of rotatable bonds is 5. The van der Waals surface area contributed by atoms with Gasteiger partial charge in [0.25, 0.3) is 0 Å². The molecule has 0 aliphatic rings. The van der Waals surface area contributed by atoms with Crippen LogP contribution in [0.4, 0.5) is 11.4 Å². The fourth-order valence-corrected chi connectivity index (χ4v) is 1.69. The van der Waals surface area contributed by atoms with Crippen molar-refractivity contribution >= 4 is 11.4 Å². The maximum absolute atomic E-state index is 8.95. The van der Waals surface area contributed by atoms with Crippen LogP contribution in [0.25, 0.3) is 0 Å². The number of ether oxygens (including phenoxy) is 1. The Kier molecular flexibility index (Phi) is 4.25. The van der Waals surface area contributed by atoms with Crippen LogP contribution in [0.3, 0.4) is 0 Å². The van der Waals surface area contributed by atoms with E-state index in [1.165, 1.54) is 0 Å². The zero-order valence-corrected chi connectivity index (χ0v) is 10.5. The molecule has 0 aromatic heterocycles. The highest BCUT2D eigenvalue weighted by atomic mass is 16.5. The number of hydrogen-bond donors (Lipinski definition) is 2. The predicted octanol–water partition coefficient (Wildman–Crippen LogP) is 2.63. The highest BCUT2D eigenvalue weighted by molar-refractivity contribution is 5.57. The van der Waals surface area contributed by atoms with Gasteiger partial charge in [-0.25, -0.2) is 0 Å². The molecular formula is C15H15N3O. The average molecular weight is 253 g/mol. The first kappa shape index (κ1) is 12.8. The lowest BCUT2D eigenvalue weighted by atomic mass is 10.2. The molecule has 0 atom stereocenters. The lowest BCUT2D eigenvalue weighted by Crippen LogP contribution is -2.12. The van der Waals surface area contributed by atoms with Gasteiger partial charge in [-0.3, -0.25) is 0 Å². The van der Waals surface area contributed by atoms with Gasteiger partial charge in [0.2, 0.25) is 0 Å². The molecule has 4 nitrogen and oxygen atoms in total. The Labute approximate surface area is 112 Å². The molecule has 0 saturated heterocycles. The van der Waals surface area contributed by atoms with Crippen molar-refractivity contribution in [3.05, 3.63) is 54.1 Å². The number of nitriles is 1. The molecule has 0 amide bonds. The van der Waals surface area contributed by atoms with Crippen molar-refractivity contribution in [2.45, 2.75) is 0 Å². The Morgan fingerprint density at radius 3 is 2.79 bits per heavy atom. The molecule has 0 unspecified atom stereocenters. The number of hydrogen-bond acceptors (Lipinski definition) is 4. The van der Waals surface area contributed by atoms with E-state index in [1.54, 1.807) is 12.1 Å². The van der Waals surface area contributed by atoms with Crippen molar-refractivity contribution in [3.63, 3.8) is 0 Å². The van der Waals surface area contributed by atoms with Crippen LogP contribution in [0.5, 0.6) is 5.75 Å². The summed E-state index contributed by atoms with van der Waals surface area (Å²) >= 11 is 0. The van der Waals surface area contributed by atoms with Gasteiger partial charge in [-0.05, 0) is 24.3 Å². The molecule has 96 valence electrons. The zero-order chi connectivity index (χ0) is 13.5. The molecule has 2 aromatic rings. The Hall–Kier alpha value is -2.67. The SMILES string of the molecule is N#Cc1ccccc1NCCOc1cccc(N)c1. The molecule has 0 saturated carbocycles. The first-order chi connectivity index (χ1) is 9.29. The summed E-state index contributed by atoms with van der Waals surface area (Å²) in [6, 6.07) is 16.8. The predicted molar refractivity (Wildman–Crippen MR) is 76.0 cm³/mol. The van der Waals surface area contributed by atoms with E-state index >= 15 is 0 Å². The van der Waals surface area contributed by atoms with Gasteiger partial charge >= 0.3 is 0 Å². The maximum Gasteiger partial charge on any atom is 0.121 e. The number of para-hydroxylation sites is 1. The van der Waals surface area contributed by atoms with Crippen LogP contribution in [0.15, 0.2) is 48.5 Å². The van der Waals surface area contributed by atoms with Crippen LogP contribution < -0.4 is 15.8 Å². The third kappa shape index (κ3) is 3.65. The number of nitrogens with two attached hydrogens (primary N) is 1. The largest absolute Gasteiger partial charge is 0.492 e. The molecule has 0 aliphatic carbocycles. The van der Waals surface area contributed by atoms with Gasteiger partial charge in [-0.15, -0.1) is 0 Å². The lowest BCUT2D eigenvalue weighted by Gasteiger charge is -2.09. The molecule has 19 heavy (non-hydrogen) atoms. The third-order valence-corrected chi connectivity index (χ3v) is 2.59. The number of anilines is 2. The minimum Gasteiger partial charge on any atom is -0.492 e. The minimum atomic E-state index is 0.503. The summed E-state index contributed by atoms with van der Waals surface area (Å²) in [6.45, 7) is 1.12. The van der Waals surface area contributed by atoms with E-state index in [9.17, 15) is 0 Å². The second-order valence-corrected chi connectivity index (χ2v) is 4.01. The monoisotopic (exact) mass is 253 g/mol. The first-order valence-corrected chi connectivity index (χ1v) is 6.01. The fourth-order valence-electron chi connectivity index (χ4n) is 1.69. The van der Waals surface area contributed by atoms with Gasteiger partial charge in [0.1, 0.15) is 18.4 Å². The van der Waals surface area contributed by atoms with E-state index in [1.807, 2.05) is 36.4 Å². The second kappa shape index (κ2) is 6.31. The van der Waals surface area contributed by atoms with Crippen molar-refractivity contribution in [2.24, 2.45) is 0 Å². The molecule has 3 N–H and O–H groups in total. The van der Waals surface area contributed by atoms with Crippen LogP contribution in [-0.4, -0.2) is 13.2 Å². The van der Waals surface area contributed by atoms with Crippen LogP contribution >= 0.6 is 0 Å². The molecule has 0 aliphatic heterocycles. The number of nitrogens with one attached hydrogen (secondary N) is 1. The number of nitrogens with zero attached hydrogens (tertiary/aromatic N) is 1. The normalized spacial score (nSPS) is 9.63. The van der Waals surface area contributed by atoms with Gasteiger partial charge in [0, 0.05) is 18.3 Å². The van der Waals surface area contributed by atoms with E-state index in [4.69, 9.17) is 15.7 Å². The first-order valence-electron chi connectivity index (χ1n) is 6.01. The number of nitrogen functional groups attached to an aromatic ring is 1. The smallest absolute Gasteiger partial charge is 0.121 e. The van der Waals surface area contributed by atoms with Crippen molar-refractivity contribution in [2.75, 3.05) is 24.2 Å². The summed E-state index contributed by atoms with van der Waals surface area (Å²) in [7, 11) is 0. The van der Waals surface area contributed by atoms with Gasteiger partial charge in [-0.2, -0.15) is 5.26 Å². The molecule has 4 heteroatoms. The topological polar surface area (TPSA) is 71.1 Å². The molecule has 2 aromatic carbocycles. The van der Waals surface area contributed by atoms with Crippen molar-refractivity contribution in [1.29, 1.82) is 5.26 Å². The summed E-state index contributed by atoms with van der Waals surface area (Å²) in [4.78, 5) is 0.